The van der Waals surface area contributed by atoms with Gasteiger partial charge in [-0.05, 0) is 56.2 Å². The van der Waals surface area contributed by atoms with Gasteiger partial charge in [0, 0.05) is 6.42 Å². The highest BCUT2D eigenvalue weighted by molar-refractivity contribution is 7.93. The molecule has 0 saturated heterocycles. The molecule has 0 aromatic heterocycles. The number of aryl methyl sites for hydroxylation is 1. The highest BCUT2D eigenvalue weighted by Crippen LogP contribution is 2.27. The average molecular weight is 375 g/mol. The molecular formula is C20H25NO4S. The average Bonchev–Trinajstić information content (AvgIpc) is 2.56. The lowest BCUT2D eigenvalue weighted by atomic mass is 10.1. The molecule has 0 bridgehead atoms. The fraction of sp³-hybridized carbons (Fsp3) is 0.350. The van der Waals surface area contributed by atoms with Crippen LogP contribution in [0.25, 0.3) is 0 Å². The second-order valence-electron chi connectivity index (χ2n) is 6.50. The van der Waals surface area contributed by atoms with Crippen molar-refractivity contribution >= 4 is 21.6 Å². The molecule has 0 radical (unpaired) electrons. The standard InChI is InChI=1S/C20H25NO4S/c1-5-25-18-10-8-17(9-11-18)21(20(22)14-15(2)3)26(23,24)19-12-6-16(4)7-13-19/h6-13,15H,5,14H2,1-4H3. The summed E-state index contributed by atoms with van der Waals surface area (Å²) in [4.78, 5) is 12.9. The van der Waals surface area contributed by atoms with Crippen LogP contribution < -0.4 is 9.04 Å². The Bertz CT molecular complexity index is 840. The van der Waals surface area contributed by atoms with Crippen molar-refractivity contribution in [3.8, 4) is 5.75 Å². The van der Waals surface area contributed by atoms with Gasteiger partial charge in [-0.3, -0.25) is 4.79 Å². The molecule has 26 heavy (non-hydrogen) atoms. The number of benzene rings is 2. The maximum atomic E-state index is 13.2. The van der Waals surface area contributed by atoms with E-state index in [-0.39, 0.29) is 17.2 Å². The number of hydrogen-bond donors (Lipinski definition) is 0. The second-order valence-corrected chi connectivity index (χ2v) is 8.29. The Morgan fingerprint density at radius 3 is 2.12 bits per heavy atom. The molecule has 2 rings (SSSR count). The molecule has 0 atom stereocenters. The van der Waals surface area contributed by atoms with Crippen LogP contribution >= 0.6 is 0 Å². The Balaban J connectivity index is 2.49. The summed E-state index contributed by atoms with van der Waals surface area (Å²) < 4.78 is 32.6. The first kappa shape index (κ1) is 20.0. The molecule has 140 valence electrons. The normalized spacial score (nSPS) is 11.4. The summed E-state index contributed by atoms with van der Waals surface area (Å²) in [5, 5.41) is 0. The maximum absolute atomic E-state index is 13.2. The second kappa shape index (κ2) is 8.36. The molecule has 0 unspecified atom stereocenters. The number of carbonyl (C=O) groups is 1. The van der Waals surface area contributed by atoms with E-state index in [0.29, 0.717) is 18.0 Å². The number of sulfonamides is 1. The van der Waals surface area contributed by atoms with Crippen LogP contribution in [0.3, 0.4) is 0 Å². The minimum absolute atomic E-state index is 0.0425. The van der Waals surface area contributed by atoms with Gasteiger partial charge >= 0.3 is 0 Å². The largest absolute Gasteiger partial charge is 0.494 e. The summed E-state index contributed by atoms with van der Waals surface area (Å²) in [6, 6.07) is 13.0. The van der Waals surface area contributed by atoms with Crippen LogP contribution in [-0.2, 0) is 14.8 Å². The van der Waals surface area contributed by atoms with Crippen LogP contribution in [0.4, 0.5) is 5.69 Å². The van der Waals surface area contributed by atoms with Gasteiger partial charge in [0.1, 0.15) is 5.75 Å². The van der Waals surface area contributed by atoms with E-state index in [4.69, 9.17) is 4.74 Å². The summed E-state index contributed by atoms with van der Waals surface area (Å²) in [6.07, 6.45) is 0.137. The zero-order chi connectivity index (χ0) is 19.3. The van der Waals surface area contributed by atoms with Gasteiger partial charge in [-0.1, -0.05) is 31.5 Å². The molecule has 5 nitrogen and oxygen atoms in total. The number of anilines is 1. The summed E-state index contributed by atoms with van der Waals surface area (Å²) in [6.45, 7) is 8.02. The highest BCUT2D eigenvalue weighted by atomic mass is 32.2. The first-order valence-corrected chi connectivity index (χ1v) is 10.1. The van der Waals surface area contributed by atoms with E-state index in [2.05, 4.69) is 0 Å². The van der Waals surface area contributed by atoms with Crippen LogP contribution in [-0.4, -0.2) is 20.9 Å². The van der Waals surface area contributed by atoms with Gasteiger partial charge in [-0.2, -0.15) is 0 Å². The Morgan fingerprint density at radius 1 is 1.04 bits per heavy atom. The lowest BCUT2D eigenvalue weighted by Gasteiger charge is -2.24. The monoisotopic (exact) mass is 375 g/mol. The molecular weight excluding hydrogens is 350 g/mol. The van der Waals surface area contributed by atoms with Gasteiger partial charge in [0.2, 0.25) is 5.91 Å². The van der Waals surface area contributed by atoms with E-state index in [1.54, 1.807) is 36.4 Å². The van der Waals surface area contributed by atoms with Crippen molar-refractivity contribution in [1.29, 1.82) is 0 Å². The van der Waals surface area contributed by atoms with Crippen molar-refractivity contribution in [2.45, 2.75) is 39.0 Å². The Morgan fingerprint density at radius 2 is 1.62 bits per heavy atom. The number of nitrogens with zero attached hydrogens (tertiary/aromatic N) is 1. The van der Waals surface area contributed by atoms with Crippen molar-refractivity contribution in [3.05, 3.63) is 54.1 Å². The molecule has 0 saturated carbocycles. The SMILES string of the molecule is CCOc1ccc(N(C(=O)CC(C)C)S(=O)(=O)c2ccc(C)cc2)cc1. The summed E-state index contributed by atoms with van der Waals surface area (Å²) >= 11 is 0. The van der Waals surface area contributed by atoms with Gasteiger partial charge in [0.15, 0.2) is 0 Å². The van der Waals surface area contributed by atoms with Gasteiger partial charge < -0.3 is 4.74 Å². The molecule has 0 heterocycles. The number of hydrogen-bond acceptors (Lipinski definition) is 4. The minimum Gasteiger partial charge on any atom is -0.494 e. The molecule has 0 aliphatic rings. The predicted octanol–water partition coefficient (Wildman–Crippen LogP) is 4.16. The third-order valence-electron chi connectivity index (χ3n) is 3.75. The fourth-order valence-corrected chi connectivity index (χ4v) is 3.94. The van der Waals surface area contributed by atoms with Crippen LogP contribution in [0.2, 0.25) is 0 Å². The Kier molecular flexibility index (Phi) is 6.42. The van der Waals surface area contributed by atoms with E-state index >= 15 is 0 Å². The zero-order valence-electron chi connectivity index (χ0n) is 15.6. The van der Waals surface area contributed by atoms with Crippen LogP contribution in [0, 0.1) is 12.8 Å². The first-order valence-electron chi connectivity index (χ1n) is 8.63. The maximum Gasteiger partial charge on any atom is 0.270 e. The Labute approximate surface area is 155 Å². The van der Waals surface area contributed by atoms with Crippen molar-refractivity contribution in [3.63, 3.8) is 0 Å². The molecule has 1 amide bonds. The van der Waals surface area contributed by atoms with E-state index in [1.165, 1.54) is 12.1 Å². The summed E-state index contributed by atoms with van der Waals surface area (Å²) in [5.74, 6) is 0.214. The van der Waals surface area contributed by atoms with E-state index in [0.717, 1.165) is 9.87 Å². The molecule has 0 aliphatic heterocycles. The molecule has 6 heteroatoms. The molecule has 0 N–H and O–H groups in total. The van der Waals surface area contributed by atoms with Gasteiger partial charge in [0.05, 0.1) is 17.2 Å². The van der Waals surface area contributed by atoms with Crippen LogP contribution in [0.15, 0.2) is 53.4 Å². The smallest absolute Gasteiger partial charge is 0.270 e. The third-order valence-corrected chi connectivity index (χ3v) is 5.51. The molecule has 0 spiro atoms. The quantitative estimate of drug-likeness (QED) is 0.729. The first-order chi connectivity index (χ1) is 12.3. The predicted molar refractivity (Wildman–Crippen MR) is 103 cm³/mol. The van der Waals surface area contributed by atoms with Gasteiger partial charge in [-0.15, -0.1) is 0 Å². The summed E-state index contributed by atoms with van der Waals surface area (Å²) in [5.41, 5.74) is 1.25. The molecule has 2 aromatic carbocycles. The number of carbonyl (C=O) groups excluding carboxylic acids is 1. The number of amides is 1. The van der Waals surface area contributed by atoms with Crippen LogP contribution in [0.5, 0.6) is 5.75 Å². The van der Waals surface area contributed by atoms with Gasteiger partial charge in [0.25, 0.3) is 10.0 Å². The lowest BCUT2D eigenvalue weighted by Crippen LogP contribution is -2.37. The Hall–Kier alpha value is -2.34. The topological polar surface area (TPSA) is 63.7 Å². The molecule has 0 fully saturated rings. The number of rotatable bonds is 7. The fourth-order valence-electron chi connectivity index (χ4n) is 2.51. The van der Waals surface area contributed by atoms with E-state index < -0.39 is 15.9 Å². The van der Waals surface area contributed by atoms with Crippen molar-refractivity contribution < 1.29 is 17.9 Å². The zero-order valence-corrected chi connectivity index (χ0v) is 16.4. The minimum atomic E-state index is -4.00. The molecule has 2 aromatic rings. The lowest BCUT2D eigenvalue weighted by molar-refractivity contribution is -0.118. The van der Waals surface area contributed by atoms with Gasteiger partial charge in [-0.25, -0.2) is 12.7 Å². The molecule has 0 aliphatic carbocycles. The third kappa shape index (κ3) is 4.64. The summed E-state index contributed by atoms with van der Waals surface area (Å²) in [7, 11) is -4.00. The highest BCUT2D eigenvalue weighted by Gasteiger charge is 2.31. The van der Waals surface area contributed by atoms with Crippen LogP contribution in [0.1, 0.15) is 32.8 Å². The van der Waals surface area contributed by atoms with Crippen molar-refractivity contribution in [1.82, 2.24) is 0 Å². The van der Waals surface area contributed by atoms with Crippen molar-refractivity contribution in [2.75, 3.05) is 10.9 Å². The number of ether oxygens (including phenoxy) is 1. The van der Waals surface area contributed by atoms with E-state index in [1.807, 2.05) is 27.7 Å². The van der Waals surface area contributed by atoms with Crippen molar-refractivity contribution in [2.24, 2.45) is 5.92 Å². The van der Waals surface area contributed by atoms with E-state index in [9.17, 15) is 13.2 Å².